The molecule has 0 atom stereocenters. The topological polar surface area (TPSA) is 166 Å². The lowest BCUT2D eigenvalue weighted by Crippen LogP contribution is -2.36. The van der Waals surface area contributed by atoms with E-state index < -0.39 is 12.1 Å². The Balaban J connectivity index is 0.00000408. The second-order valence-electron chi connectivity index (χ2n) is 6.55. The highest BCUT2D eigenvalue weighted by molar-refractivity contribution is 5.81. The Morgan fingerprint density at radius 1 is 1.24 bits per heavy atom. The number of halogens is 3. The van der Waals surface area contributed by atoms with Crippen molar-refractivity contribution in [3.8, 4) is 5.88 Å². The van der Waals surface area contributed by atoms with E-state index in [0.29, 0.717) is 22.3 Å². The molecule has 182 valence electrons. The lowest BCUT2D eigenvalue weighted by molar-refractivity contribution is -0.173. The molecule has 1 amide bonds. The Hall–Kier alpha value is -4.10. The number of nitrogen functional groups attached to an aromatic ring is 1. The molecule has 34 heavy (non-hydrogen) atoms. The summed E-state index contributed by atoms with van der Waals surface area (Å²) in [6.07, 6.45) is -3.45. The van der Waals surface area contributed by atoms with Crippen LogP contribution in [0.3, 0.4) is 0 Å². The highest BCUT2D eigenvalue weighted by Gasteiger charge is 2.38. The first kappa shape index (κ1) is 26.2. The summed E-state index contributed by atoms with van der Waals surface area (Å²) in [7, 11) is 0. The molecule has 3 N–H and O–H groups in total. The van der Waals surface area contributed by atoms with Gasteiger partial charge in [-0.1, -0.05) is 36.8 Å². The van der Waals surface area contributed by atoms with Crippen LogP contribution in [-0.2, 0) is 29.4 Å². The summed E-state index contributed by atoms with van der Waals surface area (Å²) in [6, 6.07) is 6.43. The number of carbonyl (C=O) groups excluding carboxylic acids is 1. The van der Waals surface area contributed by atoms with Crippen LogP contribution in [0.1, 0.15) is 18.6 Å². The second-order valence-corrected chi connectivity index (χ2v) is 6.55. The normalized spacial score (nSPS) is 10.9. The molecule has 0 radical (unpaired) electrons. The zero-order chi connectivity index (χ0) is 23.8. The van der Waals surface area contributed by atoms with E-state index in [2.05, 4.69) is 25.0 Å². The SMILES string of the molecule is C.[N-]=[N+]=NCCOCn1cnc2c(OCc3ccc(CNC(=O)C(F)(F)F)cc3)nc(N)nc21. The van der Waals surface area contributed by atoms with Gasteiger partial charge in [0.2, 0.25) is 11.8 Å². The largest absolute Gasteiger partial charge is 0.471 e. The van der Waals surface area contributed by atoms with Gasteiger partial charge in [0.1, 0.15) is 13.3 Å². The maximum absolute atomic E-state index is 12.2. The maximum atomic E-state index is 12.2. The standard InChI is InChI=1S/C18H18F3N9O3.CH4/c19-18(20,21)16(31)24-7-11-1-3-12(4-2-11)8-33-15-13-14(27-17(22)28-15)30(9-25-13)10-32-6-5-26-29-23;/h1-4,9H,5-8,10H2,(H,24,31)(H2,22,27,28);1H4. The van der Waals surface area contributed by atoms with Crippen LogP contribution >= 0.6 is 0 Å². The van der Waals surface area contributed by atoms with Gasteiger partial charge in [-0.2, -0.15) is 23.1 Å². The molecule has 3 rings (SSSR count). The number of hydrogen-bond acceptors (Lipinski definition) is 8. The number of nitrogens with zero attached hydrogens (tertiary/aromatic N) is 7. The summed E-state index contributed by atoms with van der Waals surface area (Å²) in [5, 5.41) is 5.17. The smallest absolute Gasteiger partial charge is 0.471 e. The molecule has 12 nitrogen and oxygen atoms in total. The Morgan fingerprint density at radius 2 is 1.94 bits per heavy atom. The summed E-state index contributed by atoms with van der Waals surface area (Å²) in [6.45, 7) is 0.312. The van der Waals surface area contributed by atoms with Crippen molar-refractivity contribution >= 4 is 23.0 Å². The Kier molecular flexibility index (Phi) is 8.98. The van der Waals surface area contributed by atoms with Gasteiger partial charge in [-0.05, 0) is 16.7 Å². The molecule has 0 aliphatic heterocycles. The number of alkyl halides is 3. The number of ether oxygens (including phenoxy) is 2. The van der Waals surface area contributed by atoms with E-state index in [1.165, 1.54) is 6.33 Å². The molecule has 0 bridgehead atoms. The van der Waals surface area contributed by atoms with E-state index in [1.807, 2.05) is 0 Å². The van der Waals surface area contributed by atoms with E-state index in [9.17, 15) is 18.0 Å². The van der Waals surface area contributed by atoms with Crippen LogP contribution < -0.4 is 15.8 Å². The number of nitrogens with two attached hydrogens (primary N) is 1. The molecular weight excluding hydrogens is 459 g/mol. The van der Waals surface area contributed by atoms with Gasteiger partial charge < -0.3 is 20.5 Å². The molecule has 0 fully saturated rings. The average molecular weight is 481 g/mol. The fraction of sp³-hybridized carbons (Fsp3) is 0.368. The van der Waals surface area contributed by atoms with Crippen molar-refractivity contribution < 1.29 is 27.4 Å². The van der Waals surface area contributed by atoms with Crippen LogP contribution in [0.4, 0.5) is 19.1 Å². The molecule has 1 aromatic carbocycles. The summed E-state index contributed by atoms with van der Waals surface area (Å²) in [4.78, 5) is 25.9. The summed E-state index contributed by atoms with van der Waals surface area (Å²) in [5.74, 6) is -1.89. The van der Waals surface area contributed by atoms with Gasteiger partial charge in [-0.25, -0.2) is 4.98 Å². The van der Waals surface area contributed by atoms with Crippen molar-refractivity contribution in [2.24, 2.45) is 5.11 Å². The number of hydrogen-bond donors (Lipinski definition) is 2. The number of imidazole rings is 1. The predicted molar refractivity (Wildman–Crippen MR) is 115 cm³/mol. The van der Waals surface area contributed by atoms with Crippen molar-refractivity contribution in [3.63, 3.8) is 0 Å². The van der Waals surface area contributed by atoms with E-state index in [1.54, 1.807) is 34.1 Å². The highest BCUT2D eigenvalue weighted by atomic mass is 19.4. The van der Waals surface area contributed by atoms with Crippen molar-refractivity contribution in [2.75, 3.05) is 18.9 Å². The first-order valence-electron chi connectivity index (χ1n) is 9.40. The van der Waals surface area contributed by atoms with E-state index in [4.69, 9.17) is 20.7 Å². The minimum Gasteiger partial charge on any atom is -0.471 e. The van der Waals surface area contributed by atoms with Crippen molar-refractivity contribution in [1.29, 1.82) is 0 Å². The molecule has 2 heterocycles. The number of nitrogens with one attached hydrogen (secondary N) is 1. The number of azide groups is 1. The zero-order valence-electron chi connectivity index (χ0n) is 17.0. The summed E-state index contributed by atoms with van der Waals surface area (Å²) >= 11 is 0. The molecular formula is C19H22F3N9O3. The number of rotatable bonds is 10. The first-order valence-corrected chi connectivity index (χ1v) is 9.40. The second kappa shape index (κ2) is 11.7. The molecule has 0 aliphatic rings. The van der Waals surface area contributed by atoms with Gasteiger partial charge in [-0.15, -0.1) is 0 Å². The van der Waals surface area contributed by atoms with Gasteiger partial charge in [0.25, 0.3) is 0 Å². The van der Waals surface area contributed by atoms with Crippen LogP contribution in [-0.4, -0.2) is 44.8 Å². The number of aromatic nitrogens is 4. The minimum atomic E-state index is -4.93. The van der Waals surface area contributed by atoms with Gasteiger partial charge in [0.15, 0.2) is 11.2 Å². The first-order chi connectivity index (χ1) is 15.8. The third-order valence-electron chi connectivity index (χ3n) is 4.19. The van der Waals surface area contributed by atoms with Crippen LogP contribution in [0.5, 0.6) is 5.88 Å². The maximum Gasteiger partial charge on any atom is 0.471 e. The van der Waals surface area contributed by atoms with Crippen LogP contribution in [0.15, 0.2) is 35.7 Å². The minimum absolute atomic E-state index is 0. The number of amides is 1. The third kappa shape index (κ3) is 6.95. The van der Waals surface area contributed by atoms with Crippen LogP contribution in [0.25, 0.3) is 21.6 Å². The van der Waals surface area contributed by atoms with Crippen LogP contribution in [0, 0.1) is 0 Å². The zero-order valence-corrected chi connectivity index (χ0v) is 17.0. The summed E-state index contributed by atoms with van der Waals surface area (Å²) < 4.78 is 49.4. The lowest BCUT2D eigenvalue weighted by Gasteiger charge is -2.10. The molecule has 0 spiro atoms. The monoisotopic (exact) mass is 481 g/mol. The molecule has 0 saturated carbocycles. The van der Waals surface area contributed by atoms with E-state index in [0.717, 1.165) is 0 Å². The summed E-state index contributed by atoms with van der Waals surface area (Å²) in [5.41, 5.74) is 16.0. The van der Waals surface area contributed by atoms with E-state index >= 15 is 0 Å². The van der Waals surface area contributed by atoms with Gasteiger partial charge >= 0.3 is 12.1 Å². The molecule has 0 unspecified atom stereocenters. The number of fused-ring (bicyclic) bond motifs is 1. The van der Waals surface area contributed by atoms with Gasteiger partial charge in [-0.3, -0.25) is 9.36 Å². The number of carbonyl (C=O) groups is 1. The molecule has 2 aromatic heterocycles. The lowest BCUT2D eigenvalue weighted by atomic mass is 10.1. The molecule has 0 saturated heterocycles. The van der Waals surface area contributed by atoms with Crippen molar-refractivity contribution in [1.82, 2.24) is 24.8 Å². The van der Waals surface area contributed by atoms with Crippen molar-refractivity contribution in [2.45, 2.75) is 33.5 Å². The van der Waals surface area contributed by atoms with Gasteiger partial charge in [0, 0.05) is 18.0 Å². The molecule has 3 aromatic rings. The Bertz CT molecular complexity index is 1160. The van der Waals surface area contributed by atoms with Gasteiger partial charge in [0.05, 0.1) is 12.9 Å². The fourth-order valence-electron chi connectivity index (χ4n) is 2.63. The number of benzene rings is 1. The fourth-order valence-corrected chi connectivity index (χ4v) is 2.63. The molecule has 0 aliphatic carbocycles. The number of anilines is 1. The van der Waals surface area contributed by atoms with E-state index in [-0.39, 0.29) is 52.3 Å². The third-order valence-corrected chi connectivity index (χ3v) is 4.19. The molecule has 15 heteroatoms. The van der Waals surface area contributed by atoms with Crippen LogP contribution in [0.2, 0.25) is 0 Å². The highest BCUT2D eigenvalue weighted by Crippen LogP contribution is 2.23. The Labute approximate surface area is 191 Å². The Morgan fingerprint density at radius 3 is 2.62 bits per heavy atom. The van der Waals surface area contributed by atoms with Crippen molar-refractivity contribution in [3.05, 3.63) is 52.2 Å². The quantitative estimate of drug-likeness (QED) is 0.194. The average Bonchev–Trinajstić information content (AvgIpc) is 3.18. The predicted octanol–water partition coefficient (Wildman–Crippen LogP) is 3.09.